The van der Waals surface area contributed by atoms with Crippen molar-refractivity contribution in [3.8, 4) is 0 Å². The molecule has 1 aliphatic carbocycles. The maximum Gasteiger partial charge on any atom is 0.307 e. The lowest BCUT2D eigenvalue weighted by Crippen LogP contribution is -2.30. The van der Waals surface area contributed by atoms with E-state index in [4.69, 9.17) is 5.11 Å². The predicted molar refractivity (Wildman–Crippen MR) is 54.2 cm³/mol. The molecule has 2 unspecified atom stereocenters. The average Bonchev–Trinajstić information content (AvgIpc) is 2.45. The summed E-state index contributed by atoms with van der Waals surface area (Å²) in [7, 11) is 0. The van der Waals surface area contributed by atoms with Gasteiger partial charge >= 0.3 is 5.97 Å². The van der Waals surface area contributed by atoms with Crippen LogP contribution in [0.1, 0.15) is 19.8 Å². The van der Waals surface area contributed by atoms with Gasteiger partial charge in [-0.1, -0.05) is 6.08 Å². The van der Waals surface area contributed by atoms with E-state index >= 15 is 0 Å². The van der Waals surface area contributed by atoms with E-state index in [9.17, 15) is 14.7 Å². The van der Waals surface area contributed by atoms with Gasteiger partial charge < -0.3 is 10.2 Å². The zero-order chi connectivity index (χ0) is 11.6. The number of ketones is 1. The SMILES string of the molecule is C=CCC1C(=O)C[C@@H](C(C)O)[C@H]1C(=O)O. The first kappa shape index (κ1) is 11.9. The second kappa shape index (κ2) is 4.57. The maximum absolute atomic E-state index is 11.6. The number of hydrogen-bond acceptors (Lipinski definition) is 3. The van der Waals surface area contributed by atoms with Gasteiger partial charge in [0.2, 0.25) is 0 Å². The molecule has 0 bridgehead atoms. The summed E-state index contributed by atoms with van der Waals surface area (Å²) in [6.45, 7) is 5.05. The van der Waals surface area contributed by atoms with Crippen LogP contribution in [0, 0.1) is 17.8 Å². The number of aliphatic carboxylic acids is 1. The second-order valence-corrected chi connectivity index (χ2v) is 4.07. The van der Waals surface area contributed by atoms with Crippen molar-refractivity contribution in [2.24, 2.45) is 17.8 Å². The van der Waals surface area contributed by atoms with Gasteiger partial charge in [-0.25, -0.2) is 0 Å². The number of hydrogen-bond donors (Lipinski definition) is 2. The summed E-state index contributed by atoms with van der Waals surface area (Å²) in [6, 6.07) is 0. The second-order valence-electron chi connectivity index (χ2n) is 4.07. The summed E-state index contributed by atoms with van der Waals surface area (Å²) in [5.41, 5.74) is 0. The molecule has 0 aromatic heterocycles. The van der Waals surface area contributed by atoms with Crippen molar-refractivity contribution in [2.75, 3.05) is 0 Å². The van der Waals surface area contributed by atoms with Crippen LogP contribution in [-0.2, 0) is 9.59 Å². The highest BCUT2D eigenvalue weighted by atomic mass is 16.4. The number of rotatable bonds is 4. The first-order valence-electron chi connectivity index (χ1n) is 5.03. The zero-order valence-corrected chi connectivity index (χ0v) is 8.72. The van der Waals surface area contributed by atoms with Gasteiger partial charge in [-0.2, -0.15) is 0 Å². The molecule has 4 heteroatoms. The van der Waals surface area contributed by atoms with Crippen LogP contribution in [-0.4, -0.2) is 28.1 Å². The molecule has 0 spiro atoms. The van der Waals surface area contributed by atoms with E-state index < -0.39 is 29.8 Å². The lowest BCUT2D eigenvalue weighted by atomic mass is 9.85. The minimum Gasteiger partial charge on any atom is -0.481 e. The summed E-state index contributed by atoms with van der Waals surface area (Å²) < 4.78 is 0. The summed E-state index contributed by atoms with van der Waals surface area (Å²) in [4.78, 5) is 22.6. The maximum atomic E-state index is 11.6. The van der Waals surface area contributed by atoms with Gasteiger partial charge in [0, 0.05) is 18.3 Å². The summed E-state index contributed by atoms with van der Waals surface area (Å²) in [6.07, 6.45) is 1.33. The number of carboxylic acid groups (broad SMARTS) is 1. The van der Waals surface area contributed by atoms with E-state index in [0.29, 0.717) is 6.42 Å². The number of carbonyl (C=O) groups is 2. The Balaban J connectivity index is 2.92. The van der Waals surface area contributed by atoms with Crippen molar-refractivity contribution in [1.82, 2.24) is 0 Å². The highest BCUT2D eigenvalue weighted by Gasteiger charge is 2.47. The minimum atomic E-state index is -1.00. The van der Waals surface area contributed by atoms with Gasteiger partial charge in [0.1, 0.15) is 5.78 Å². The Kier molecular flexibility index (Phi) is 3.63. The molecule has 1 saturated carbocycles. The number of aliphatic hydroxyl groups is 1. The fraction of sp³-hybridized carbons (Fsp3) is 0.636. The number of allylic oxidation sites excluding steroid dienone is 1. The Labute approximate surface area is 88.6 Å². The third-order valence-electron chi connectivity index (χ3n) is 3.07. The average molecular weight is 212 g/mol. The largest absolute Gasteiger partial charge is 0.481 e. The van der Waals surface area contributed by atoms with Gasteiger partial charge in [0.05, 0.1) is 12.0 Å². The molecule has 0 aliphatic heterocycles. The van der Waals surface area contributed by atoms with Gasteiger partial charge in [-0.15, -0.1) is 6.58 Å². The molecule has 0 saturated heterocycles. The fourth-order valence-corrected chi connectivity index (χ4v) is 2.29. The standard InChI is InChI=1S/C11H16O4/c1-3-4-7-9(13)5-8(6(2)12)10(7)11(14)15/h3,6-8,10,12H,1,4-5H2,2H3,(H,14,15)/t6?,7?,8-,10-/m0/s1. The monoisotopic (exact) mass is 212 g/mol. The number of carboxylic acids is 1. The zero-order valence-electron chi connectivity index (χ0n) is 8.72. The van der Waals surface area contributed by atoms with Crippen LogP contribution in [0.3, 0.4) is 0 Å². The van der Waals surface area contributed by atoms with Gasteiger partial charge in [-0.05, 0) is 13.3 Å². The van der Waals surface area contributed by atoms with Crippen molar-refractivity contribution in [1.29, 1.82) is 0 Å². The molecule has 0 amide bonds. The van der Waals surface area contributed by atoms with Crippen molar-refractivity contribution >= 4 is 11.8 Å². The van der Waals surface area contributed by atoms with Crippen molar-refractivity contribution in [2.45, 2.75) is 25.9 Å². The van der Waals surface area contributed by atoms with E-state index in [2.05, 4.69) is 6.58 Å². The topological polar surface area (TPSA) is 74.6 Å². The molecule has 0 radical (unpaired) electrons. The molecular weight excluding hydrogens is 196 g/mol. The quantitative estimate of drug-likeness (QED) is 0.677. The summed E-state index contributed by atoms with van der Waals surface area (Å²) in [5, 5.41) is 18.5. The van der Waals surface area contributed by atoms with Gasteiger partial charge in [-0.3, -0.25) is 9.59 Å². The van der Waals surface area contributed by atoms with E-state index in [1.807, 2.05) is 0 Å². The highest BCUT2D eigenvalue weighted by Crippen LogP contribution is 2.38. The smallest absolute Gasteiger partial charge is 0.307 e. The lowest BCUT2D eigenvalue weighted by molar-refractivity contribution is -0.146. The molecule has 0 aromatic rings. The molecular formula is C11H16O4. The molecule has 4 nitrogen and oxygen atoms in total. The Morgan fingerprint density at radius 1 is 1.73 bits per heavy atom. The molecule has 1 fully saturated rings. The first-order valence-corrected chi connectivity index (χ1v) is 5.03. The van der Waals surface area contributed by atoms with Crippen LogP contribution in [0.25, 0.3) is 0 Å². The van der Waals surface area contributed by atoms with Crippen LogP contribution in [0.5, 0.6) is 0 Å². The van der Waals surface area contributed by atoms with Crippen LogP contribution < -0.4 is 0 Å². The van der Waals surface area contributed by atoms with Gasteiger partial charge in [0.15, 0.2) is 0 Å². The minimum absolute atomic E-state index is 0.0757. The van der Waals surface area contributed by atoms with Crippen LogP contribution in [0.4, 0.5) is 0 Å². The normalized spacial score (nSPS) is 32.7. The van der Waals surface area contributed by atoms with E-state index in [-0.39, 0.29) is 12.2 Å². The Morgan fingerprint density at radius 3 is 2.73 bits per heavy atom. The molecule has 4 atom stereocenters. The number of carbonyl (C=O) groups excluding carboxylic acids is 1. The van der Waals surface area contributed by atoms with E-state index in [0.717, 1.165) is 0 Å². The molecule has 15 heavy (non-hydrogen) atoms. The lowest BCUT2D eigenvalue weighted by Gasteiger charge is -2.20. The van der Waals surface area contributed by atoms with Gasteiger partial charge in [0.25, 0.3) is 0 Å². The molecule has 1 rings (SSSR count). The van der Waals surface area contributed by atoms with Crippen LogP contribution >= 0.6 is 0 Å². The molecule has 84 valence electrons. The molecule has 0 heterocycles. The molecule has 2 N–H and O–H groups in total. The van der Waals surface area contributed by atoms with Crippen LogP contribution in [0.2, 0.25) is 0 Å². The first-order chi connectivity index (χ1) is 6.99. The third kappa shape index (κ3) is 2.26. The molecule has 0 aromatic carbocycles. The Bertz CT molecular complexity index is 282. The third-order valence-corrected chi connectivity index (χ3v) is 3.07. The predicted octanol–water partition coefficient (Wildman–Crippen LogP) is 0.849. The number of Topliss-reactive ketones (excluding diaryl/α,β-unsaturated/α-hetero) is 1. The summed E-state index contributed by atoms with van der Waals surface area (Å²) in [5.74, 6) is -2.82. The fourth-order valence-electron chi connectivity index (χ4n) is 2.29. The Morgan fingerprint density at radius 2 is 2.33 bits per heavy atom. The number of aliphatic hydroxyl groups excluding tert-OH is 1. The highest BCUT2D eigenvalue weighted by molar-refractivity contribution is 5.90. The van der Waals surface area contributed by atoms with Crippen molar-refractivity contribution < 1.29 is 19.8 Å². The van der Waals surface area contributed by atoms with Crippen molar-refractivity contribution in [3.63, 3.8) is 0 Å². The Hall–Kier alpha value is -1.16. The van der Waals surface area contributed by atoms with Crippen molar-refractivity contribution in [3.05, 3.63) is 12.7 Å². The summed E-state index contributed by atoms with van der Waals surface area (Å²) >= 11 is 0. The molecule has 1 aliphatic rings. The van der Waals surface area contributed by atoms with E-state index in [1.54, 1.807) is 6.08 Å². The van der Waals surface area contributed by atoms with E-state index in [1.165, 1.54) is 6.92 Å². The van der Waals surface area contributed by atoms with Crippen LogP contribution in [0.15, 0.2) is 12.7 Å².